The molecule has 1 aliphatic heterocycles. The third-order valence-corrected chi connectivity index (χ3v) is 12.6. The molecule has 0 saturated heterocycles. The topological polar surface area (TPSA) is 8.17 Å². The van der Waals surface area contributed by atoms with Crippen molar-refractivity contribution in [2.75, 3.05) is 4.90 Å². The zero-order valence-corrected chi connectivity index (χ0v) is 28.8. The molecule has 0 radical (unpaired) electrons. The van der Waals surface area contributed by atoms with Crippen LogP contribution in [0.2, 0.25) is 0 Å². The van der Waals surface area contributed by atoms with E-state index in [0.717, 1.165) is 0 Å². The summed E-state index contributed by atoms with van der Waals surface area (Å²) in [5.41, 5.74) is 17.4. The molecule has 0 unspecified atom stereocenters. The van der Waals surface area contributed by atoms with Gasteiger partial charge in [-0.25, -0.2) is 0 Å². The molecule has 2 heteroatoms. The van der Waals surface area contributed by atoms with Gasteiger partial charge in [-0.05, 0) is 125 Å². The van der Waals surface area contributed by atoms with E-state index in [9.17, 15) is 0 Å². The molecule has 0 N–H and O–H groups in total. The Bertz CT molecular complexity index is 2620. The smallest absolute Gasteiger partial charge is 0.0562 e. The second-order valence-electron chi connectivity index (χ2n) is 15.2. The van der Waals surface area contributed by atoms with Crippen molar-refractivity contribution < 1.29 is 0 Å². The highest BCUT2D eigenvalue weighted by Gasteiger charge is 2.55. The molecule has 7 aromatic carbocycles. The first-order chi connectivity index (χ1) is 25.1. The summed E-state index contributed by atoms with van der Waals surface area (Å²) in [5, 5.41) is 2.64. The maximum atomic E-state index is 2.61. The molecular formula is C49H38N2. The average Bonchev–Trinajstić information content (AvgIpc) is 3.52. The molecule has 8 aromatic rings. The first-order valence-electron chi connectivity index (χ1n) is 18.4. The van der Waals surface area contributed by atoms with E-state index in [2.05, 4.69) is 180 Å². The molecule has 1 fully saturated rings. The molecule has 12 rings (SSSR count). The highest BCUT2D eigenvalue weighted by molar-refractivity contribution is 6.12. The lowest BCUT2D eigenvalue weighted by atomic mass is 9.49. The number of para-hydroxylation sites is 1. The summed E-state index contributed by atoms with van der Waals surface area (Å²) in [6.45, 7) is 2.52. The van der Waals surface area contributed by atoms with E-state index in [1.165, 1.54) is 98.1 Å². The maximum absolute atomic E-state index is 2.61. The van der Waals surface area contributed by atoms with Crippen LogP contribution in [0.4, 0.5) is 17.1 Å². The summed E-state index contributed by atoms with van der Waals surface area (Å²) in [6, 6.07) is 61.0. The summed E-state index contributed by atoms with van der Waals surface area (Å²) in [4.78, 5) is 2.58. The summed E-state index contributed by atoms with van der Waals surface area (Å²) < 4.78 is 2.48. The molecule has 244 valence electrons. The van der Waals surface area contributed by atoms with Gasteiger partial charge in [0, 0.05) is 27.6 Å². The van der Waals surface area contributed by atoms with Crippen LogP contribution < -0.4 is 4.90 Å². The second-order valence-corrected chi connectivity index (χ2v) is 15.2. The van der Waals surface area contributed by atoms with Crippen LogP contribution in [-0.4, -0.2) is 4.57 Å². The van der Waals surface area contributed by atoms with Crippen LogP contribution in [0.3, 0.4) is 0 Å². The van der Waals surface area contributed by atoms with Crippen molar-refractivity contribution in [3.63, 3.8) is 0 Å². The Labute approximate surface area is 299 Å². The van der Waals surface area contributed by atoms with Crippen LogP contribution in [0.5, 0.6) is 0 Å². The molecule has 1 aromatic heterocycles. The van der Waals surface area contributed by atoms with Gasteiger partial charge < -0.3 is 9.47 Å². The van der Waals surface area contributed by atoms with Crippen molar-refractivity contribution in [3.8, 4) is 27.9 Å². The Hall–Kier alpha value is -5.86. The minimum Gasteiger partial charge on any atom is -0.310 e. The Morgan fingerprint density at radius 3 is 1.75 bits per heavy atom. The first kappa shape index (κ1) is 28.9. The summed E-state index contributed by atoms with van der Waals surface area (Å²) in [6.07, 6.45) is 4.85. The predicted octanol–water partition coefficient (Wildman–Crippen LogP) is 13.0. The van der Waals surface area contributed by atoms with Gasteiger partial charge in [0.25, 0.3) is 0 Å². The Morgan fingerprint density at radius 1 is 0.431 bits per heavy atom. The molecule has 2 heterocycles. The van der Waals surface area contributed by atoms with Crippen LogP contribution in [0.25, 0.3) is 49.7 Å². The third-order valence-electron chi connectivity index (χ3n) is 12.6. The van der Waals surface area contributed by atoms with Crippen molar-refractivity contribution in [2.45, 2.75) is 43.4 Å². The predicted molar refractivity (Wildman–Crippen MR) is 213 cm³/mol. The number of rotatable bonds is 4. The van der Waals surface area contributed by atoms with Crippen LogP contribution in [-0.2, 0) is 10.8 Å². The van der Waals surface area contributed by atoms with Gasteiger partial charge in [0.15, 0.2) is 0 Å². The zero-order chi connectivity index (χ0) is 33.7. The number of benzene rings is 7. The number of aromatic nitrogens is 1. The molecule has 0 amide bonds. The summed E-state index contributed by atoms with van der Waals surface area (Å²) in [5.74, 6) is 0. The molecule has 2 nitrogen and oxygen atoms in total. The van der Waals surface area contributed by atoms with Crippen LogP contribution in [0, 0.1) is 0 Å². The van der Waals surface area contributed by atoms with Gasteiger partial charge in [-0.15, -0.1) is 0 Å². The fourth-order valence-corrected chi connectivity index (χ4v) is 10.0. The minimum absolute atomic E-state index is 0.00585. The van der Waals surface area contributed by atoms with Crippen molar-refractivity contribution in [1.29, 1.82) is 0 Å². The number of fused-ring (bicyclic) bond motifs is 6. The van der Waals surface area contributed by atoms with Crippen LogP contribution in [0.15, 0.2) is 164 Å². The van der Waals surface area contributed by atoms with E-state index in [4.69, 9.17) is 0 Å². The monoisotopic (exact) mass is 654 g/mol. The molecule has 0 atom stereocenters. The highest BCUT2D eigenvalue weighted by atomic mass is 15.2. The number of hydrogen-bond acceptors (Lipinski definition) is 1. The Morgan fingerprint density at radius 2 is 1.04 bits per heavy atom. The van der Waals surface area contributed by atoms with Crippen molar-refractivity contribution in [1.82, 2.24) is 4.57 Å². The van der Waals surface area contributed by atoms with Crippen LogP contribution in [0.1, 0.15) is 49.3 Å². The Balaban J connectivity index is 1.22. The average molecular weight is 655 g/mol. The fourth-order valence-electron chi connectivity index (χ4n) is 10.0. The van der Waals surface area contributed by atoms with Gasteiger partial charge in [0.2, 0.25) is 0 Å². The molecular weight excluding hydrogens is 617 g/mol. The summed E-state index contributed by atoms with van der Waals surface area (Å²) >= 11 is 0. The minimum atomic E-state index is 0.00585. The summed E-state index contributed by atoms with van der Waals surface area (Å²) in [7, 11) is 0. The van der Waals surface area contributed by atoms with E-state index < -0.39 is 0 Å². The second kappa shape index (κ2) is 10.6. The fraction of sp³-hybridized carbons (Fsp3) is 0.143. The maximum Gasteiger partial charge on any atom is 0.0562 e. The van der Waals surface area contributed by atoms with Gasteiger partial charge >= 0.3 is 0 Å². The molecule has 51 heavy (non-hydrogen) atoms. The van der Waals surface area contributed by atoms with Gasteiger partial charge in [0.05, 0.1) is 22.4 Å². The van der Waals surface area contributed by atoms with E-state index in [-0.39, 0.29) is 10.8 Å². The van der Waals surface area contributed by atoms with E-state index in [0.29, 0.717) is 0 Å². The molecule has 4 aliphatic rings. The van der Waals surface area contributed by atoms with E-state index in [1.807, 2.05) is 0 Å². The largest absolute Gasteiger partial charge is 0.310 e. The highest BCUT2D eigenvalue weighted by Crippen LogP contribution is 2.66. The van der Waals surface area contributed by atoms with Gasteiger partial charge in [-0.3, -0.25) is 0 Å². The number of anilines is 3. The molecule has 2 bridgehead atoms. The quantitative estimate of drug-likeness (QED) is 0.183. The molecule has 3 aliphatic carbocycles. The van der Waals surface area contributed by atoms with Crippen LogP contribution >= 0.6 is 0 Å². The molecule has 1 spiro atoms. The zero-order valence-electron chi connectivity index (χ0n) is 28.8. The van der Waals surface area contributed by atoms with E-state index in [1.54, 1.807) is 11.1 Å². The van der Waals surface area contributed by atoms with E-state index >= 15 is 0 Å². The lowest BCUT2D eigenvalue weighted by Crippen LogP contribution is -2.49. The normalized spacial score (nSPS) is 20.1. The SMILES string of the molecule is CC12CCC3(CC1)c1cc4c5cc(-c6ccccc6)ccc5n(-c5ccccc5)c4cc1N(c1ccc(-c4ccccc4)cc1)c1cccc2c13. The lowest BCUT2D eigenvalue weighted by molar-refractivity contribution is 0.203. The third kappa shape index (κ3) is 4.05. The standard InChI is InChI=1S/C49H38N2/c1-48-26-28-49(29-27-48)42-31-40-39-30-36(34-14-7-3-8-15-34)22-25-43(39)50(37-16-9-4-10-17-37)45(40)32-46(42)51(44-19-11-18-41(48)47(44)49)38-23-20-35(21-24-38)33-12-5-2-6-13-33/h2-25,30-32H,26-29H2,1H3. The van der Waals surface area contributed by atoms with Gasteiger partial charge in [0.1, 0.15) is 0 Å². The lowest BCUT2D eigenvalue weighted by Gasteiger charge is -2.58. The first-order valence-corrected chi connectivity index (χ1v) is 18.4. The van der Waals surface area contributed by atoms with Crippen molar-refractivity contribution >= 4 is 38.9 Å². The van der Waals surface area contributed by atoms with Gasteiger partial charge in [-0.2, -0.15) is 0 Å². The molecule has 1 saturated carbocycles. The Kier molecular flexibility index (Phi) is 6.00. The number of nitrogens with zero attached hydrogens (tertiary/aromatic N) is 2. The van der Waals surface area contributed by atoms with Crippen molar-refractivity contribution in [3.05, 3.63) is 180 Å². The van der Waals surface area contributed by atoms with Crippen molar-refractivity contribution in [2.24, 2.45) is 0 Å². The number of hydrogen-bond donors (Lipinski definition) is 0. The van der Waals surface area contributed by atoms with Gasteiger partial charge in [-0.1, -0.05) is 116 Å².